The lowest BCUT2D eigenvalue weighted by Gasteiger charge is -2.34. The third-order valence-electron chi connectivity index (χ3n) is 4.06. The van der Waals surface area contributed by atoms with E-state index in [4.69, 9.17) is 9.57 Å². The Morgan fingerprint density at radius 3 is 2.86 bits per heavy atom. The number of carbonyl (C=O) groups excluding carboxylic acids is 2. The average Bonchev–Trinajstić information content (AvgIpc) is 2.51. The molecule has 21 heavy (non-hydrogen) atoms. The van der Waals surface area contributed by atoms with Crippen LogP contribution in [0.15, 0.2) is 5.16 Å². The molecule has 0 aromatic rings. The Labute approximate surface area is 129 Å². The minimum Gasteiger partial charge on any atom is -0.464 e. The summed E-state index contributed by atoms with van der Waals surface area (Å²) >= 11 is 1.88. The van der Waals surface area contributed by atoms with Crippen LogP contribution in [0.1, 0.15) is 33.1 Å². The Morgan fingerprint density at radius 1 is 1.43 bits per heavy atom. The number of oxime groups is 1. The van der Waals surface area contributed by atoms with Crippen molar-refractivity contribution in [2.45, 2.75) is 33.1 Å². The van der Waals surface area contributed by atoms with E-state index in [1.165, 1.54) is 0 Å². The zero-order chi connectivity index (χ0) is 15.2. The molecule has 6 heteroatoms. The van der Waals surface area contributed by atoms with E-state index in [2.05, 4.69) is 5.16 Å². The van der Waals surface area contributed by atoms with Crippen molar-refractivity contribution in [2.24, 2.45) is 22.9 Å². The highest BCUT2D eigenvalue weighted by Gasteiger charge is 2.45. The summed E-state index contributed by atoms with van der Waals surface area (Å²) in [6.07, 6.45) is 2.68. The number of ketones is 1. The van der Waals surface area contributed by atoms with Crippen LogP contribution in [-0.4, -0.2) is 42.2 Å². The predicted molar refractivity (Wildman–Crippen MR) is 82.3 cm³/mol. The normalized spacial score (nSPS) is 31.0. The fourth-order valence-corrected chi connectivity index (χ4v) is 4.13. The second-order valence-electron chi connectivity index (χ2n) is 5.40. The minimum absolute atomic E-state index is 0.0287. The second-order valence-corrected chi connectivity index (χ2v) is 6.55. The van der Waals surface area contributed by atoms with Gasteiger partial charge in [0.15, 0.2) is 11.7 Å². The molecule has 2 rings (SSSR count). The first-order chi connectivity index (χ1) is 10.2. The van der Waals surface area contributed by atoms with Gasteiger partial charge in [0.05, 0.1) is 11.6 Å². The van der Waals surface area contributed by atoms with E-state index in [1.54, 1.807) is 0 Å². The number of thioether (sulfide) groups is 1. The van der Waals surface area contributed by atoms with Crippen molar-refractivity contribution in [3.63, 3.8) is 0 Å². The fraction of sp³-hybridized carbons (Fsp3) is 0.800. The summed E-state index contributed by atoms with van der Waals surface area (Å²) in [7, 11) is 0. The van der Waals surface area contributed by atoms with E-state index in [-0.39, 0.29) is 18.3 Å². The van der Waals surface area contributed by atoms with Crippen molar-refractivity contribution in [3.8, 4) is 0 Å². The molecule has 0 amide bonds. The molecule has 118 valence electrons. The number of Topliss-reactive ketones (excluding diaryl/α,β-unsaturated/α-hetero) is 1. The molecule has 2 heterocycles. The highest BCUT2D eigenvalue weighted by molar-refractivity contribution is 7.99. The molecule has 0 aliphatic carbocycles. The number of rotatable bonds is 5. The van der Waals surface area contributed by atoms with Gasteiger partial charge in [-0.1, -0.05) is 12.1 Å². The molecule has 0 saturated carbocycles. The van der Waals surface area contributed by atoms with E-state index in [9.17, 15) is 9.59 Å². The molecule has 0 aromatic carbocycles. The summed E-state index contributed by atoms with van der Waals surface area (Å²) in [6.45, 7) is 4.34. The van der Waals surface area contributed by atoms with Gasteiger partial charge < -0.3 is 9.57 Å². The zero-order valence-electron chi connectivity index (χ0n) is 12.7. The monoisotopic (exact) mass is 313 g/mol. The van der Waals surface area contributed by atoms with Gasteiger partial charge in [0.25, 0.3) is 0 Å². The van der Waals surface area contributed by atoms with Crippen LogP contribution in [-0.2, 0) is 19.2 Å². The Balaban J connectivity index is 2.14. The number of cyclic esters (lactones) is 1. The Kier molecular flexibility index (Phi) is 6.08. The van der Waals surface area contributed by atoms with Gasteiger partial charge in [-0.25, -0.2) is 0 Å². The van der Waals surface area contributed by atoms with Crippen molar-refractivity contribution < 1.29 is 19.2 Å². The highest BCUT2D eigenvalue weighted by atomic mass is 32.2. The molecule has 0 aromatic heterocycles. The molecule has 2 fully saturated rings. The van der Waals surface area contributed by atoms with Crippen LogP contribution in [0.4, 0.5) is 0 Å². The quantitative estimate of drug-likeness (QED) is 0.337. The topological polar surface area (TPSA) is 65.0 Å². The average molecular weight is 313 g/mol. The van der Waals surface area contributed by atoms with E-state index in [0.717, 1.165) is 24.3 Å². The molecular weight excluding hydrogens is 290 g/mol. The van der Waals surface area contributed by atoms with Gasteiger partial charge in [0, 0.05) is 0 Å². The number of carbonyl (C=O) groups is 2. The lowest BCUT2D eigenvalue weighted by atomic mass is 9.78. The first kappa shape index (κ1) is 16.3. The minimum atomic E-state index is -0.868. The molecule has 2 saturated heterocycles. The van der Waals surface area contributed by atoms with Crippen molar-refractivity contribution in [3.05, 3.63) is 0 Å². The molecule has 3 atom stereocenters. The zero-order valence-corrected chi connectivity index (χ0v) is 13.5. The van der Waals surface area contributed by atoms with E-state index in [1.807, 2.05) is 25.6 Å². The van der Waals surface area contributed by atoms with Crippen LogP contribution >= 0.6 is 11.8 Å². The lowest BCUT2D eigenvalue weighted by molar-refractivity contribution is -0.160. The lowest BCUT2D eigenvalue weighted by Crippen LogP contribution is -2.47. The first-order valence-corrected chi connectivity index (χ1v) is 8.81. The molecule has 0 bridgehead atoms. The summed E-state index contributed by atoms with van der Waals surface area (Å²) < 4.78 is 5.28. The van der Waals surface area contributed by atoms with Crippen LogP contribution < -0.4 is 0 Å². The fourth-order valence-electron chi connectivity index (χ4n) is 2.89. The smallest absolute Gasteiger partial charge is 0.322 e. The second kappa shape index (κ2) is 7.82. The van der Waals surface area contributed by atoms with Crippen molar-refractivity contribution in [2.75, 3.05) is 24.7 Å². The molecule has 3 unspecified atom stereocenters. The van der Waals surface area contributed by atoms with Crippen LogP contribution in [0, 0.1) is 17.8 Å². The third-order valence-corrected chi connectivity index (χ3v) is 5.30. The van der Waals surface area contributed by atoms with Crippen molar-refractivity contribution in [1.29, 1.82) is 0 Å². The van der Waals surface area contributed by atoms with Crippen molar-refractivity contribution >= 4 is 29.2 Å². The van der Waals surface area contributed by atoms with Gasteiger partial charge in [-0.3, -0.25) is 9.59 Å². The largest absolute Gasteiger partial charge is 0.464 e. The Hall–Kier alpha value is -1.04. The Bertz CT molecular complexity index is 418. The van der Waals surface area contributed by atoms with Gasteiger partial charge in [0.2, 0.25) is 0 Å². The van der Waals surface area contributed by atoms with E-state index in [0.29, 0.717) is 24.7 Å². The third kappa shape index (κ3) is 3.78. The molecule has 5 nitrogen and oxygen atoms in total. The number of hydrogen-bond donors (Lipinski definition) is 0. The highest BCUT2D eigenvalue weighted by Crippen LogP contribution is 2.33. The molecule has 0 spiro atoms. The number of esters is 1. The summed E-state index contributed by atoms with van der Waals surface area (Å²) in [5, 5.41) is 3.95. The molecule has 2 aliphatic heterocycles. The number of ether oxygens (including phenoxy) is 1. The van der Waals surface area contributed by atoms with Gasteiger partial charge in [-0.05, 0) is 43.6 Å². The van der Waals surface area contributed by atoms with E-state index >= 15 is 0 Å². The van der Waals surface area contributed by atoms with Crippen LogP contribution in [0.3, 0.4) is 0 Å². The van der Waals surface area contributed by atoms with Crippen molar-refractivity contribution in [1.82, 2.24) is 0 Å². The molecular formula is C15H23NO4S. The summed E-state index contributed by atoms with van der Waals surface area (Å²) in [6, 6.07) is 0. The number of nitrogens with zero attached hydrogens (tertiary/aromatic N) is 1. The predicted octanol–water partition coefficient (Wildman–Crippen LogP) is 2.29. The molecule has 2 aliphatic rings. The van der Waals surface area contributed by atoms with E-state index < -0.39 is 11.9 Å². The summed E-state index contributed by atoms with van der Waals surface area (Å²) in [5.74, 6) is 0.902. The van der Waals surface area contributed by atoms with Crippen LogP contribution in [0.2, 0.25) is 0 Å². The molecule has 0 N–H and O–H groups in total. The Morgan fingerprint density at radius 2 is 2.24 bits per heavy atom. The maximum absolute atomic E-state index is 12.8. The number of hydrogen-bond acceptors (Lipinski definition) is 6. The maximum Gasteiger partial charge on any atom is 0.322 e. The standard InChI is InChI=1S/C15H23NO4S/c1-3-12(16-20-4-2)13-14(17)11(8-19-15(13)18)10-6-5-7-21-9-10/h10-11,13H,3-9H2,1-2H3. The van der Waals surface area contributed by atoms with Gasteiger partial charge in [0.1, 0.15) is 13.2 Å². The van der Waals surface area contributed by atoms with Gasteiger partial charge in [-0.15, -0.1) is 0 Å². The SMILES string of the molecule is CCON=C(CC)C1C(=O)OCC(C2CCCSC2)C1=O. The maximum atomic E-state index is 12.8. The summed E-state index contributed by atoms with van der Waals surface area (Å²) in [4.78, 5) is 29.8. The first-order valence-electron chi connectivity index (χ1n) is 7.65. The summed E-state index contributed by atoms with van der Waals surface area (Å²) in [5.41, 5.74) is 0.486. The van der Waals surface area contributed by atoms with Gasteiger partial charge >= 0.3 is 5.97 Å². The van der Waals surface area contributed by atoms with Crippen LogP contribution in [0.25, 0.3) is 0 Å². The molecule has 0 radical (unpaired) electrons. The van der Waals surface area contributed by atoms with Crippen LogP contribution in [0.5, 0.6) is 0 Å². The van der Waals surface area contributed by atoms with Gasteiger partial charge in [-0.2, -0.15) is 11.8 Å².